The fraction of sp³-hybridized carbons (Fsp3) is 1.00. The van der Waals surface area contributed by atoms with Crippen LogP contribution in [0.2, 0.25) is 12.1 Å². The first-order valence-electron chi connectivity index (χ1n) is 14.5. The third-order valence-electron chi connectivity index (χ3n) is 4.78. The van der Waals surface area contributed by atoms with Gasteiger partial charge in [-0.1, -0.05) is 77.0 Å². The van der Waals surface area contributed by atoms with Crippen LogP contribution >= 0.6 is 80.5 Å². The van der Waals surface area contributed by atoms with E-state index in [1.807, 2.05) is 80.5 Å². The van der Waals surface area contributed by atoms with Crippen molar-refractivity contribution in [3.63, 3.8) is 0 Å². The molecule has 40 heavy (non-hydrogen) atoms. The molecular weight excluding hydrogens is 697 g/mol. The van der Waals surface area contributed by atoms with E-state index in [0.29, 0.717) is 50.1 Å². The predicted octanol–water partition coefficient (Wildman–Crippen LogP) is 11.5. The first kappa shape index (κ1) is 43.0. The van der Waals surface area contributed by atoms with Gasteiger partial charge in [0.05, 0.1) is 0 Å². The van der Waals surface area contributed by atoms with Crippen molar-refractivity contribution in [2.24, 2.45) is 0 Å². The van der Waals surface area contributed by atoms with Crippen LogP contribution in [0.25, 0.3) is 0 Å². The molecule has 0 rings (SSSR count). The van der Waals surface area contributed by atoms with Crippen LogP contribution in [0, 0.1) is 0 Å². The Balaban J connectivity index is 4.43. The Bertz CT molecular complexity index is 476. The zero-order valence-corrected chi connectivity index (χ0v) is 34.3. The maximum absolute atomic E-state index is 6.26. The minimum atomic E-state index is -2.65. The zero-order chi connectivity index (χ0) is 30.0. The van der Waals surface area contributed by atoms with Crippen molar-refractivity contribution in [2.45, 2.75) is 117 Å². The van der Waals surface area contributed by atoms with Gasteiger partial charge in [0, 0.05) is 62.2 Å². The first-order chi connectivity index (χ1) is 19.4. The Hall–Kier alpha value is 2.99. The monoisotopic (exact) mass is 750 g/mol. The summed E-state index contributed by atoms with van der Waals surface area (Å²) >= 11 is 0. The van der Waals surface area contributed by atoms with Gasteiger partial charge in [-0.15, -0.1) is 0 Å². The second-order valence-electron chi connectivity index (χ2n) is 9.09. The zero-order valence-electron chi connectivity index (χ0n) is 25.8. The van der Waals surface area contributed by atoms with E-state index >= 15 is 0 Å². The van der Waals surface area contributed by atoms with Gasteiger partial charge < -0.3 is 26.6 Å². The molecule has 0 saturated heterocycles. The Morgan fingerprint density at radius 2 is 0.625 bits per heavy atom. The van der Waals surface area contributed by atoms with Crippen LogP contribution in [-0.2, 0) is 26.6 Å². The lowest BCUT2D eigenvalue weighted by Gasteiger charge is -2.31. The van der Waals surface area contributed by atoms with Crippen LogP contribution in [0.3, 0.4) is 0 Å². The van der Waals surface area contributed by atoms with E-state index in [4.69, 9.17) is 26.6 Å². The van der Waals surface area contributed by atoms with Crippen molar-refractivity contribution in [2.75, 3.05) is 39.6 Å². The molecule has 0 fully saturated rings. The molecule has 242 valence electrons. The minimum Gasteiger partial charge on any atom is -0.373 e. The summed E-state index contributed by atoms with van der Waals surface area (Å²) < 4.78 is 37.6. The molecule has 0 spiro atoms. The van der Waals surface area contributed by atoms with Crippen molar-refractivity contribution in [1.29, 1.82) is 0 Å². The van der Waals surface area contributed by atoms with E-state index in [1.165, 1.54) is 0 Å². The molecule has 0 amide bonds. The molecule has 6 nitrogen and oxygen atoms in total. The second kappa shape index (κ2) is 29.4. The van der Waals surface area contributed by atoms with Crippen molar-refractivity contribution < 1.29 is 26.6 Å². The summed E-state index contributed by atoms with van der Waals surface area (Å²) in [5.74, 6) is 0. The second-order valence-corrected chi connectivity index (χ2v) is 28.1. The number of hydrogen-bond donors (Lipinski definition) is 0. The molecule has 2 atom stereocenters. The lowest BCUT2D eigenvalue weighted by Crippen LogP contribution is -2.48. The van der Waals surface area contributed by atoms with Crippen LogP contribution in [0.4, 0.5) is 0 Å². The standard InChI is InChI=1S/C24H54O6S8Si2/c1-9-15-25-39(26-16-10-2,27-17-11-3)21-23(7)31-33-35-37-38-36-34-32-24(8)22-40(28-18-12-4,29-19-13-5)30-20-14-6/h23-24H,9-22H2,1-8H3. The van der Waals surface area contributed by atoms with E-state index in [2.05, 4.69) is 55.4 Å². The summed E-state index contributed by atoms with van der Waals surface area (Å²) in [6, 6.07) is 1.69. The van der Waals surface area contributed by atoms with Gasteiger partial charge in [-0.2, -0.15) is 0 Å². The minimum absolute atomic E-state index is 0.392. The molecule has 0 heterocycles. The van der Waals surface area contributed by atoms with E-state index < -0.39 is 17.6 Å². The molecule has 0 aromatic rings. The molecule has 0 saturated carbocycles. The molecule has 0 aliphatic heterocycles. The summed E-state index contributed by atoms with van der Waals surface area (Å²) in [5.41, 5.74) is 0. The maximum atomic E-state index is 6.26. The van der Waals surface area contributed by atoms with Crippen LogP contribution in [0.1, 0.15) is 93.9 Å². The van der Waals surface area contributed by atoms with E-state index in [0.717, 1.165) is 50.6 Å². The Kier molecular flexibility index (Phi) is 31.6. The fourth-order valence-corrected chi connectivity index (χ4v) is 28.9. The Labute approximate surface area is 278 Å². The average Bonchev–Trinajstić information content (AvgIpc) is 2.95. The molecule has 0 aromatic carbocycles. The van der Waals surface area contributed by atoms with Gasteiger partial charge >= 0.3 is 17.6 Å². The third-order valence-corrected chi connectivity index (χ3v) is 27.6. The van der Waals surface area contributed by atoms with E-state index in [-0.39, 0.29) is 0 Å². The lowest BCUT2D eigenvalue weighted by molar-refractivity contribution is 0.0588. The third kappa shape index (κ3) is 22.5. The largest absolute Gasteiger partial charge is 0.502 e. The first-order valence-corrected chi connectivity index (χ1v) is 28.7. The molecule has 0 aliphatic rings. The molecule has 0 N–H and O–H groups in total. The summed E-state index contributed by atoms with van der Waals surface area (Å²) in [6.45, 7) is 21.5. The van der Waals surface area contributed by atoms with Gasteiger partial charge in [0.2, 0.25) is 0 Å². The highest BCUT2D eigenvalue weighted by molar-refractivity contribution is 9.48. The molecule has 0 aromatic heterocycles. The van der Waals surface area contributed by atoms with Gasteiger partial charge in [0.25, 0.3) is 0 Å². The summed E-state index contributed by atoms with van der Waals surface area (Å²) in [6.07, 6.45) is 5.84. The summed E-state index contributed by atoms with van der Waals surface area (Å²) in [4.78, 5) is 0. The Morgan fingerprint density at radius 1 is 0.400 bits per heavy atom. The number of rotatable bonds is 31. The average molecular weight is 751 g/mol. The topological polar surface area (TPSA) is 55.4 Å². The van der Waals surface area contributed by atoms with Crippen LogP contribution in [0.5, 0.6) is 0 Å². The van der Waals surface area contributed by atoms with E-state index in [1.54, 1.807) is 0 Å². The van der Waals surface area contributed by atoms with Gasteiger partial charge in [-0.25, -0.2) is 0 Å². The van der Waals surface area contributed by atoms with Crippen molar-refractivity contribution in [3.05, 3.63) is 0 Å². The highest BCUT2D eigenvalue weighted by atomic mass is 34.0. The maximum Gasteiger partial charge on any atom is 0.502 e. The van der Waals surface area contributed by atoms with Gasteiger partial charge in [0.1, 0.15) is 0 Å². The van der Waals surface area contributed by atoms with Gasteiger partial charge in [-0.05, 0) is 97.5 Å². The van der Waals surface area contributed by atoms with Crippen molar-refractivity contribution in [1.82, 2.24) is 0 Å². The smallest absolute Gasteiger partial charge is 0.373 e. The molecule has 16 heteroatoms. The lowest BCUT2D eigenvalue weighted by atomic mass is 10.5. The number of hydrogen-bond acceptors (Lipinski definition) is 14. The van der Waals surface area contributed by atoms with Gasteiger partial charge in [-0.3, -0.25) is 0 Å². The predicted molar refractivity (Wildman–Crippen MR) is 198 cm³/mol. The van der Waals surface area contributed by atoms with Crippen molar-refractivity contribution in [3.8, 4) is 0 Å². The van der Waals surface area contributed by atoms with Crippen LogP contribution < -0.4 is 0 Å². The highest BCUT2D eigenvalue weighted by Crippen LogP contribution is 2.58. The normalized spacial score (nSPS) is 14.1. The van der Waals surface area contributed by atoms with Crippen LogP contribution in [0.15, 0.2) is 0 Å². The van der Waals surface area contributed by atoms with Gasteiger partial charge in [0.15, 0.2) is 0 Å². The van der Waals surface area contributed by atoms with E-state index in [9.17, 15) is 0 Å². The Morgan fingerprint density at radius 3 is 0.850 bits per heavy atom. The quantitative estimate of drug-likeness (QED) is 0.0384. The SMILES string of the molecule is CCCO[Si](CC(C)SSSSSSSSC(C)C[Si](OCCC)(OCCC)OCCC)(OCCC)OCCC. The molecule has 0 radical (unpaired) electrons. The van der Waals surface area contributed by atoms with Crippen molar-refractivity contribution >= 4 is 98.2 Å². The highest BCUT2D eigenvalue weighted by Gasteiger charge is 2.43. The summed E-state index contributed by atoms with van der Waals surface area (Å²) in [7, 11) is 9.36. The molecule has 0 bridgehead atoms. The molecular formula is C24H54O6S8Si2. The van der Waals surface area contributed by atoms with Crippen LogP contribution in [-0.4, -0.2) is 67.8 Å². The molecule has 2 unspecified atom stereocenters. The summed E-state index contributed by atoms with van der Waals surface area (Å²) in [5, 5.41) is 0.783. The molecule has 0 aliphatic carbocycles. The fourth-order valence-electron chi connectivity index (χ4n) is 3.13.